The van der Waals surface area contributed by atoms with Crippen molar-refractivity contribution in [1.82, 2.24) is 0 Å². The van der Waals surface area contributed by atoms with Gasteiger partial charge in [0.2, 0.25) is 0 Å². The van der Waals surface area contributed by atoms with E-state index in [0.29, 0.717) is 6.42 Å². The van der Waals surface area contributed by atoms with E-state index in [-0.39, 0.29) is 0 Å². The molecule has 5 N–H and O–H groups in total. The highest BCUT2D eigenvalue weighted by Gasteiger charge is 2.26. The summed E-state index contributed by atoms with van der Waals surface area (Å²) < 4.78 is 0. The van der Waals surface area contributed by atoms with Crippen molar-refractivity contribution in [3.05, 3.63) is 0 Å². The lowest BCUT2D eigenvalue weighted by Crippen LogP contribution is -2.37. The zero-order chi connectivity index (χ0) is 29.3. The molecule has 236 valence electrons. The Balaban J connectivity index is 0. The van der Waals surface area contributed by atoms with Crippen LogP contribution in [0.15, 0.2) is 0 Å². The number of unbranched alkanes of at least 4 members (excludes halogenated alkanes) is 24. The molecule has 0 aromatic heterocycles. The number of aliphatic carboxylic acids is 1. The summed E-state index contributed by atoms with van der Waals surface area (Å²) in [6, 6.07) is 0. The highest BCUT2D eigenvalue weighted by Crippen LogP contribution is 2.16. The average Bonchev–Trinajstić information content (AvgIpc) is 2.95. The van der Waals surface area contributed by atoms with Crippen LogP contribution in [-0.2, 0) is 4.79 Å². The average molecular weight is 561 g/mol. The highest BCUT2D eigenvalue weighted by atomic mass is 16.4. The van der Waals surface area contributed by atoms with Gasteiger partial charge in [0.25, 0.3) is 0 Å². The standard InChI is InChI=1S/C28H56O2.C5H12O4/c1-2-3-4-5-6-7-8-9-10-11-12-13-14-15-16-17-18-19-20-21-22-23-24-25-26-27-28(29)30;6-1-5(2-7,3-8)4-9/h2-27H2,1H3,(H,29,30);6-9H,1-4H2. The molecule has 0 bridgehead atoms. The summed E-state index contributed by atoms with van der Waals surface area (Å²) in [7, 11) is 0. The molecule has 0 aliphatic carbocycles. The van der Waals surface area contributed by atoms with Crippen molar-refractivity contribution in [3.8, 4) is 0 Å². The molecule has 0 aromatic carbocycles. The number of carbonyl (C=O) groups is 1. The van der Waals surface area contributed by atoms with Gasteiger partial charge in [0.15, 0.2) is 0 Å². The topological polar surface area (TPSA) is 118 Å². The first-order valence-corrected chi connectivity index (χ1v) is 16.7. The molecule has 0 aliphatic heterocycles. The van der Waals surface area contributed by atoms with Gasteiger partial charge in [-0.2, -0.15) is 0 Å². The van der Waals surface area contributed by atoms with Crippen molar-refractivity contribution >= 4 is 5.97 Å². The third-order valence-electron chi connectivity index (χ3n) is 7.84. The summed E-state index contributed by atoms with van der Waals surface area (Å²) in [5.74, 6) is -0.649. The van der Waals surface area contributed by atoms with Gasteiger partial charge in [-0.25, -0.2) is 0 Å². The fourth-order valence-electron chi connectivity index (χ4n) is 4.72. The van der Waals surface area contributed by atoms with Gasteiger partial charge in [-0.15, -0.1) is 0 Å². The third kappa shape index (κ3) is 31.7. The van der Waals surface area contributed by atoms with E-state index >= 15 is 0 Å². The minimum atomic E-state index is -1.11. The molecule has 0 saturated heterocycles. The monoisotopic (exact) mass is 561 g/mol. The Bertz CT molecular complexity index is 450. The number of aliphatic hydroxyl groups is 4. The number of hydrogen-bond acceptors (Lipinski definition) is 5. The Morgan fingerprint density at radius 2 is 0.615 bits per heavy atom. The van der Waals surface area contributed by atoms with Crippen LogP contribution < -0.4 is 0 Å². The van der Waals surface area contributed by atoms with Crippen LogP contribution in [0.1, 0.15) is 174 Å². The second-order valence-corrected chi connectivity index (χ2v) is 11.8. The first-order valence-electron chi connectivity index (χ1n) is 16.7. The second kappa shape index (κ2) is 33.5. The fourth-order valence-corrected chi connectivity index (χ4v) is 4.72. The molecule has 0 aliphatic rings. The molecule has 0 amide bonds. The van der Waals surface area contributed by atoms with Crippen LogP contribution in [0.4, 0.5) is 0 Å². The van der Waals surface area contributed by atoms with E-state index < -0.39 is 37.8 Å². The van der Waals surface area contributed by atoms with Gasteiger partial charge in [0.1, 0.15) is 0 Å². The molecule has 0 fully saturated rings. The lowest BCUT2D eigenvalue weighted by Gasteiger charge is -2.23. The molecule has 6 heteroatoms. The second-order valence-electron chi connectivity index (χ2n) is 11.8. The van der Waals surface area contributed by atoms with E-state index in [1.807, 2.05) is 0 Å². The summed E-state index contributed by atoms with van der Waals surface area (Å²) in [5.41, 5.74) is -1.11. The van der Waals surface area contributed by atoms with Gasteiger partial charge in [-0.1, -0.05) is 161 Å². The van der Waals surface area contributed by atoms with Crippen LogP contribution in [0.3, 0.4) is 0 Å². The maximum Gasteiger partial charge on any atom is 0.303 e. The summed E-state index contributed by atoms with van der Waals surface area (Å²) in [6.45, 7) is 0.669. The van der Waals surface area contributed by atoms with Crippen molar-refractivity contribution in [1.29, 1.82) is 0 Å². The predicted octanol–water partition coefficient (Wildman–Crippen LogP) is 8.18. The van der Waals surface area contributed by atoms with Gasteiger partial charge in [0, 0.05) is 6.42 Å². The van der Waals surface area contributed by atoms with Gasteiger partial charge >= 0.3 is 5.97 Å². The molecular formula is C33H68O6. The Morgan fingerprint density at radius 1 is 0.410 bits per heavy atom. The number of carboxylic acid groups (broad SMARTS) is 1. The third-order valence-corrected chi connectivity index (χ3v) is 7.84. The normalized spacial score (nSPS) is 11.4. The Kier molecular flexibility index (Phi) is 34.8. The van der Waals surface area contributed by atoms with E-state index in [0.717, 1.165) is 12.8 Å². The molecule has 0 unspecified atom stereocenters. The summed E-state index contributed by atoms with van der Waals surface area (Å²) in [5, 5.41) is 42.6. The molecular weight excluding hydrogens is 492 g/mol. The van der Waals surface area contributed by atoms with Gasteiger partial charge in [-0.3, -0.25) is 4.79 Å². The zero-order valence-electron chi connectivity index (χ0n) is 25.9. The van der Waals surface area contributed by atoms with Crippen LogP contribution in [0.2, 0.25) is 0 Å². The Morgan fingerprint density at radius 3 is 0.769 bits per heavy atom. The molecule has 0 radical (unpaired) electrons. The quantitative estimate of drug-likeness (QED) is 0.0565. The van der Waals surface area contributed by atoms with Crippen molar-refractivity contribution in [2.75, 3.05) is 26.4 Å². The smallest absolute Gasteiger partial charge is 0.303 e. The van der Waals surface area contributed by atoms with E-state index in [2.05, 4.69) is 6.92 Å². The Labute approximate surface area is 242 Å². The molecule has 0 aromatic rings. The molecule has 0 saturated carbocycles. The first kappa shape index (κ1) is 40.4. The largest absolute Gasteiger partial charge is 0.481 e. The van der Waals surface area contributed by atoms with Gasteiger partial charge < -0.3 is 25.5 Å². The van der Waals surface area contributed by atoms with Crippen LogP contribution in [0.25, 0.3) is 0 Å². The molecule has 0 atom stereocenters. The fraction of sp³-hybridized carbons (Fsp3) is 0.970. The molecule has 0 spiro atoms. The lowest BCUT2D eigenvalue weighted by atomic mass is 9.93. The summed E-state index contributed by atoms with van der Waals surface area (Å²) in [4.78, 5) is 10.4. The van der Waals surface area contributed by atoms with Crippen molar-refractivity contribution < 1.29 is 30.3 Å². The van der Waals surface area contributed by atoms with E-state index in [4.69, 9.17) is 25.5 Å². The van der Waals surface area contributed by atoms with Crippen LogP contribution >= 0.6 is 0 Å². The molecule has 39 heavy (non-hydrogen) atoms. The van der Waals surface area contributed by atoms with Gasteiger partial charge in [0.05, 0.1) is 31.8 Å². The molecule has 6 nitrogen and oxygen atoms in total. The lowest BCUT2D eigenvalue weighted by molar-refractivity contribution is -0.137. The Hall–Kier alpha value is -0.690. The highest BCUT2D eigenvalue weighted by molar-refractivity contribution is 5.66. The minimum Gasteiger partial charge on any atom is -0.481 e. The maximum atomic E-state index is 10.4. The van der Waals surface area contributed by atoms with Crippen LogP contribution in [0.5, 0.6) is 0 Å². The molecule has 0 rings (SSSR count). The van der Waals surface area contributed by atoms with Gasteiger partial charge in [-0.05, 0) is 6.42 Å². The van der Waals surface area contributed by atoms with Crippen LogP contribution in [0, 0.1) is 5.41 Å². The summed E-state index contributed by atoms with van der Waals surface area (Å²) in [6.07, 6.45) is 35.0. The van der Waals surface area contributed by atoms with E-state index in [1.54, 1.807) is 0 Å². The number of rotatable bonds is 30. The zero-order valence-corrected chi connectivity index (χ0v) is 25.9. The van der Waals surface area contributed by atoms with E-state index in [9.17, 15) is 4.79 Å². The number of hydrogen-bond donors (Lipinski definition) is 5. The van der Waals surface area contributed by atoms with Crippen LogP contribution in [-0.4, -0.2) is 57.9 Å². The SMILES string of the molecule is CCCCCCCCCCCCCCCCCCCCCCCCCCCC(=O)O.OCC(CO)(CO)CO. The first-order chi connectivity index (χ1) is 19.0. The number of aliphatic hydroxyl groups excluding tert-OH is 4. The maximum absolute atomic E-state index is 10.4. The predicted molar refractivity (Wildman–Crippen MR) is 164 cm³/mol. The van der Waals surface area contributed by atoms with Crippen molar-refractivity contribution in [3.63, 3.8) is 0 Å². The van der Waals surface area contributed by atoms with E-state index in [1.165, 1.54) is 148 Å². The number of carboxylic acids is 1. The van der Waals surface area contributed by atoms with Crippen molar-refractivity contribution in [2.24, 2.45) is 5.41 Å². The molecule has 0 heterocycles. The summed E-state index contributed by atoms with van der Waals surface area (Å²) >= 11 is 0. The van der Waals surface area contributed by atoms with Crippen molar-refractivity contribution in [2.45, 2.75) is 174 Å². The minimum absolute atomic E-state index is 0.347.